The Hall–Kier alpha value is -1.39. The second-order valence-corrected chi connectivity index (χ2v) is 4.81. The topological polar surface area (TPSA) is 50.4 Å². The molecular weight excluding hydrogens is 228 g/mol. The Kier molecular flexibility index (Phi) is 4.33. The van der Waals surface area contributed by atoms with E-state index >= 15 is 0 Å². The standard InChI is InChI=1S/C14H20N2O2/c1-18-11-14(7-8-15-10-14)13(17)16-9-12-5-3-2-4-6-12/h2-6,15H,7-11H2,1H3,(H,16,17). The van der Waals surface area contributed by atoms with Gasteiger partial charge in [-0.25, -0.2) is 0 Å². The molecule has 2 rings (SSSR count). The Labute approximate surface area is 108 Å². The normalized spacial score (nSPS) is 22.9. The van der Waals surface area contributed by atoms with Crippen molar-refractivity contribution >= 4 is 5.91 Å². The van der Waals surface area contributed by atoms with Crippen LogP contribution in [-0.4, -0.2) is 32.7 Å². The third-order valence-corrected chi connectivity index (χ3v) is 3.44. The van der Waals surface area contributed by atoms with Gasteiger partial charge in [-0.3, -0.25) is 4.79 Å². The second-order valence-electron chi connectivity index (χ2n) is 4.81. The first-order valence-corrected chi connectivity index (χ1v) is 6.29. The Morgan fingerprint density at radius 2 is 2.22 bits per heavy atom. The van der Waals surface area contributed by atoms with Crippen molar-refractivity contribution in [2.75, 3.05) is 26.8 Å². The van der Waals surface area contributed by atoms with Crippen LogP contribution in [0.25, 0.3) is 0 Å². The molecular formula is C14H20N2O2. The maximum absolute atomic E-state index is 12.3. The fourth-order valence-electron chi connectivity index (χ4n) is 2.37. The number of hydrogen-bond donors (Lipinski definition) is 2. The third-order valence-electron chi connectivity index (χ3n) is 3.44. The van der Waals surface area contributed by atoms with Crippen LogP contribution >= 0.6 is 0 Å². The van der Waals surface area contributed by atoms with Crippen LogP contribution in [-0.2, 0) is 16.1 Å². The monoisotopic (exact) mass is 248 g/mol. The van der Waals surface area contributed by atoms with Crippen LogP contribution < -0.4 is 10.6 Å². The van der Waals surface area contributed by atoms with Gasteiger partial charge in [0.15, 0.2) is 0 Å². The molecule has 0 saturated carbocycles. The van der Waals surface area contributed by atoms with Crippen molar-refractivity contribution in [3.63, 3.8) is 0 Å². The minimum atomic E-state index is -0.399. The molecule has 1 aromatic carbocycles. The van der Waals surface area contributed by atoms with Gasteiger partial charge in [0.25, 0.3) is 0 Å². The van der Waals surface area contributed by atoms with Crippen molar-refractivity contribution < 1.29 is 9.53 Å². The first-order chi connectivity index (χ1) is 8.77. The number of rotatable bonds is 5. The summed E-state index contributed by atoms with van der Waals surface area (Å²) in [6.45, 7) is 2.62. The van der Waals surface area contributed by atoms with Crippen molar-refractivity contribution in [3.8, 4) is 0 Å². The second kappa shape index (κ2) is 5.98. The number of benzene rings is 1. The molecule has 4 nitrogen and oxygen atoms in total. The average molecular weight is 248 g/mol. The van der Waals surface area contributed by atoms with Crippen LogP contribution in [0.4, 0.5) is 0 Å². The van der Waals surface area contributed by atoms with Crippen LogP contribution in [0.2, 0.25) is 0 Å². The summed E-state index contributed by atoms with van der Waals surface area (Å²) in [7, 11) is 1.64. The zero-order valence-corrected chi connectivity index (χ0v) is 10.7. The summed E-state index contributed by atoms with van der Waals surface area (Å²) in [6, 6.07) is 9.94. The van der Waals surface area contributed by atoms with E-state index < -0.39 is 5.41 Å². The van der Waals surface area contributed by atoms with E-state index in [1.165, 1.54) is 0 Å². The lowest BCUT2D eigenvalue weighted by molar-refractivity contribution is -0.133. The van der Waals surface area contributed by atoms with E-state index in [0.29, 0.717) is 19.7 Å². The summed E-state index contributed by atoms with van der Waals surface area (Å²) in [5, 5.41) is 6.24. The van der Waals surface area contributed by atoms with Gasteiger partial charge < -0.3 is 15.4 Å². The molecule has 0 radical (unpaired) electrons. The Morgan fingerprint density at radius 1 is 1.44 bits per heavy atom. The molecule has 4 heteroatoms. The third kappa shape index (κ3) is 2.89. The zero-order valence-electron chi connectivity index (χ0n) is 10.7. The van der Waals surface area contributed by atoms with Crippen LogP contribution in [0.1, 0.15) is 12.0 Å². The molecule has 1 atom stereocenters. The zero-order chi connectivity index (χ0) is 12.8. The smallest absolute Gasteiger partial charge is 0.230 e. The largest absolute Gasteiger partial charge is 0.384 e. The van der Waals surface area contributed by atoms with E-state index in [9.17, 15) is 4.79 Å². The Balaban J connectivity index is 1.94. The van der Waals surface area contributed by atoms with Crippen LogP contribution in [0.3, 0.4) is 0 Å². The van der Waals surface area contributed by atoms with E-state index in [1.54, 1.807) is 7.11 Å². The molecule has 0 aromatic heterocycles. The molecule has 18 heavy (non-hydrogen) atoms. The van der Waals surface area contributed by atoms with E-state index in [2.05, 4.69) is 10.6 Å². The van der Waals surface area contributed by atoms with Crippen molar-refractivity contribution in [3.05, 3.63) is 35.9 Å². The summed E-state index contributed by atoms with van der Waals surface area (Å²) >= 11 is 0. The summed E-state index contributed by atoms with van der Waals surface area (Å²) in [6.07, 6.45) is 0.835. The lowest BCUT2D eigenvalue weighted by Crippen LogP contribution is -2.45. The van der Waals surface area contributed by atoms with E-state index in [0.717, 1.165) is 18.5 Å². The lowest BCUT2D eigenvalue weighted by Gasteiger charge is -2.25. The molecule has 1 unspecified atom stereocenters. The highest BCUT2D eigenvalue weighted by Crippen LogP contribution is 2.26. The fourth-order valence-corrected chi connectivity index (χ4v) is 2.37. The number of ether oxygens (including phenoxy) is 1. The lowest BCUT2D eigenvalue weighted by atomic mass is 9.87. The van der Waals surface area contributed by atoms with Crippen LogP contribution in [0.15, 0.2) is 30.3 Å². The fraction of sp³-hybridized carbons (Fsp3) is 0.500. The molecule has 0 bridgehead atoms. The molecule has 1 aliphatic heterocycles. The average Bonchev–Trinajstić information content (AvgIpc) is 2.87. The quantitative estimate of drug-likeness (QED) is 0.815. The number of methoxy groups -OCH3 is 1. The number of carbonyl (C=O) groups is 1. The van der Waals surface area contributed by atoms with Crippen molar-refractivity contribution in [2.45, 2.75) is 13.0 Å². The Bertz CT molecular complexity index is 386. The van der Waals surface area contributed by atoms with E-state index in [4.69, 9.17) is 4.74 Å². The highest BCUT2D eigenvalue weighted by molar-refractivity contribution is 5.83. The molecule has 1 aromatic rings. The highest BCUT2D eigenvalue weighted by atomic mass is 16.5. The van der Waals surface area contributed by atoms with Gasteiger partial charge in [-0.15, -0.1) is 0 Å². The van der Waals surface area contributed by atoms with Gasteiger partial charge in [0, 0.05) is 20.2 Å². The van der Waals surface area contributed by atoms with E-state index in [1.807, 2.05) is 30.3 Å². The van der Waals surface area contributed by atoms with Gasteiger partial charge in [-0.2, -0.15) is 0 Å². The predicted molar refractivity (Wildman–Crippen MR) is 70.1 cm³/mol. The van der Waals surface area contributed by atoms with Crippen molar-refractivity contribution in [1.29, 1.82) is 0 Å². The maximum atomic E-state index is 12.3. The summed E-state index contributed by atoms with van der Waals surface area (Å²) < 4.78 is 5.20. The highest BCUT2D eigenvalue weighted by Gasteiger charge is 2.41. The van der Waals surface area contributed by atoms with Gasteiger partial charge in [0.1, 0.15) is 0 Å². The molecule has 98 valence electrons. The maximum Gasteiger partial charge on any atom is 0.230 e. The molecule has 1 amide bonds. The summed E-state index contributed by atoms with van der Waals surface area (Å²) in [5.41, 5.74) is 0.716. The summed E-state index contributed by atoms with van der Waals surface area (Å²) in [5.74, 6) is 0.0817. The number of nitrogens with one attached hydrogen (secondary N) is 2. The molecule has 0 aliphatic carbocycles. The molecule has 2 N–H and O–H groups in total. The predicted octanol–water partition coefficient (Wildman–Crippen LogP) is 0.929. The van der Waals surface area contributed by atoms with Crippen LogP contribution in [0.5, 0.6) is 0 Å². The number of amides is 1. The van der Waals surface area contributed by atoms with Crippen molar-refractivity contribution in [1.82, 2.24) is 10.6 Å². The molecule has 1 aliphatic rings. The molecule has 1 fully saturated rings. The van der Waals surface area contributed by atoms with Gasteiger partial charge in [-0.05, 0) is 18.5 Å². The SMILES string of the molecule is COCC1(C(=O)NCc2ccccc2)CCNC1. The van der Waals surface area contributed by atoms with Gasteiger partial charge in [0.2, 0.25) is 5.91 Å². The van der Waals surface area contributed by atoms with Gasteiger partial charge >= 0.3 is 0 Å². The Morgan fingerprint density at radius 3 is 2.83 bits per heavy atom. The van der Waals surface area contributed by atoms with E-state index in [-0.39, 0.29) is 5.91 Å². The van der Waals surface area contributed by atoms with Gasteiger partial charge in [-0.1, -0.05) is 30.3 Å². The molecule has 0 spiro atoms. The first-order valence-electron chi connectivity index (χ1n) is 6.29. The first kappa shape index (κ1) is 13.1. The number of hydrogen-bond acceptors (Lipinski definition) is 3. The van der Waals surface area contributed by atoms with Crippen molar-refractivity contribution in [2.24, 2.45) is 5.41 Å². The minimum absolute atomic E-state index is 0.0817. The van der Waals surface area contributed by atoms with Gasteiger partial charge in [0.05, 0.1) is 12.0 Å². The molecule has 1 saturated heterocycles. The minimum Gasteiger partial charge on any atom is -0.384 e. The molecule has 1 heterocycles. The summed E-state index contributed by atoms with van der Waals surface area (Å²) in [4.78, 5) is 12.3. The number of carbonyl (C=O) groups excluding carboxylic acids is 1. The van der Waals surface area contributed by atoms with Crippen LogP contribution in [0, 0.1) is 5.41 Å².